The molecule has 150 valence electrons. The first-order chi connectivity index (χ1) is 13.6. The number of aliphatic hydroxyl groups is 1. The Morgan fingerprint density at radius 3 is 2.29 bits per heavy atom. The average Bonchev–Trinajstić information content (AvgIpc) is 2.74. The highest BCUT2D eigenvalue weighted by molar-refractivity contribution is 5.87. The minimum atomic E-state index is -0.403. The Hall–Kier alpha value is -1.93. The van der Waals surface area contributed by atoms with Crippen LogP contribution in [0.1, 0.15) is 99.0 Å². The predicted molar refractivity (Wildman–Crippen MR) is 116 cm³/mol. The van der Waals surface area contributed by atoms with Crippen LogP contribution in [0.15, 0.2) is 48.5 Å². The summed E-state index contributed by atoms with van der Waals surface area (Å²) in [4.78, 5) is 12.8. The average molecular weight is 379 g/mol. The van der Waals surface area contributed by atoms with Gasteiger partial charge in [0.25, 0.3) is 0 Å². The van der Waals surface area contributed by atoms with E-state index in [1.54, 1.807) is 0 Å². The Kier molecular flexibility index (Phi) is 7.44. The van der Waals surface area contributed by atoms with Crippen LogP contribution in [0.2, 0.25) is 0 Å². The van der Waals surface area contributed by atoms with Crippen molar-refractivity contribution in [1.82, 2.24) is 0 Å². The Balaban J connectivity index is 1.78. The fraction of sp³-hybridized carbons (Fsp3) is 0.500. The Bertz CT molecular complexity index is 745. The monoisotopic (exact) mass is 378 g/mol. The van der Waals surface area contributed by atoms with E-state index in [0.717, 1.165) is 56.1 Å². The molecule has 1 N–H and O–H groups in total. The van der Waals surface area contributed by atoms with E-state index >= 15 is 0 Å². The lowest BCUT2D eigenvalue weighted by atomic mass is 9.71. The zero-order valence-electron chi connectivity index (χ0n) is 17.4. The molecule has 2 heteroatoms. The molecule has 0 saturated heterocycles. The summed E-state index contributed by atoms with van der Waals surface area (Å²) in [6, 6.07) is 17.0. The largest absolute Gasteiger partial charge is 0.388 e. The molecule has 1 aliphatic carbocycles. The Morgan fingerprint density at radius 1 is 0.964 bits per heavy atom. The molecule has 0 bridgehead atoms. The first kappa shape index (κ1) is 20.8. The van der Waals surface area contributed by atoms with Crippen molar-refractivity contribution >= 4 is 5.78 Å². The molecule has 0 heterocycles. The van der Waals surface area contributed by atoms with Crippen LogP contribution in [0.4, 0.5) is 0 Å². The van der Waals surface area contributed by atoms with Crippen molar-refractivity contribution in [2.45, 2.75) is 83.2 Å². The molecule has 0 radical (unpaired) electrons. The number of hydrogen-bond donors (Lipinski definition) is 1. The zero-order valence-corrected chi connectivity index (χ0v) is 17.4. The van der Waals surface area contributed by atoms with Crippen molar-refractivity contribution in [3.63, 3.8) is 0 Å². The number of hydrogen-bond acceptors (Lipinski definition) is 2. The fourth-order valence-electron chi connectivity index (χ4n) is 4.50. The molecule has 2 aromatic carbocycles. The first-order valence-electron chi connectivity index (χ1n) is 11.0. The van der Waals surface area contributed by atoms with Gasteiger partial charge in [-0.1, -0.05) is 81.6 Å². The molecule has 1 saturated carbocycles. The van der Waals surface area contributed by atoms with Crippen molar-refractivity contribution in [1.29, 1.82) is 0 Å². The third-order valence-electron chi connectivity index (χ3n) is 6.27. The van der Waals surface area contributed by atoms with Gasteiger partial charge in [0.2, 0.25) is 0 Å². The van der Waals surface area contributed by atoms with Crippen LogP contribution in [0, 0.1) is 0 Å². The van der Waals surface area contributed by atoms with Crippen LogP contribution in [0.25, 0.3) is 0 Å². The molecule has 0 aromatic heterocycles. The van der Waals surface area contributed by atoms with Gasteiger partial charge in [0.15, 0.2) is 0 Å². The number of carbonyl (C=O) groups is 1. The number of Topliss-reactive ketones (excluding diaryl/α,β-unsaturated/α-hetero) is 1. The molecule has 0 aliphatic heterocycles. The van der Waals surface area contributed by atoms with E-state index in [0.29, 0.717) is 12.2 Å². The molecule has 3 atom stereocenters. The first-order valence-corrected chi connectivity index (χ1v) is 11.0. The summed E-state index contributed by atoms with van der Waals surface area (Å²) in [6.45, 7) is 4.34. The molecule has 1 fully saturated rings. The van der Waals surface area contributed by atoms with Gasteiger partial charge in [-0.3, -0.25) is 4.79 Å². The van der Waals surface area contributed by atoms with Crippen molar-refractivity contribution in [2.75, 3.05) is 0 Å². The van der Waals surface area contributed by atoms with Crippen molar-refractivity contribution < 1.29 is 9.90 Å². The third-order valence-corrected chi connectivity index (χ3v) is 6.27. The second-order valence-corrected chi connectivity index (χ2v) is 8.22. The van der Waals surface area contributed by atoms with E-state index in [-0.39, 0.29) is 11.8 Å². The molecule has 0 spiro atoms. The summed E-state index contributed by atoms with van der Waals surface area (Å²) in [6.07, 6.45) is 7.52. The van der Waals surface area contributed by atoms with Gasteiger partial charge < -0.3 is 5.11 Å². The number of rotatable bonds is 8. The van der Waals surface area contributed by atoms with Gasteiger partial charge in [-0.25, -0.2) is 0 Å². The van der Waals surface area contributed by atoms with Gasteiger partial charge in [-0.2, -0.15) is 0 Å². The molecule has 3 unspecified atom stereocenters. The SMILES string of the molecule is CCCCCC(O)c1ccc(C2C(=O)CCCC2c2ccc(CC)cc2)cc1. The summed E-state index contributed by atoms with van der Waals surface area (Å²) in [5.74, 6) is 0.548. The third kappa shape index (κ3) is 4.91. The van der Waals surface area contributed by atoms with Gasteiger partial charge in [0, 0.05) is 12.3 Å². The summed E-state index contributed by atoms with van der Waals surface area (Å²) in [7, 11) is 0. The maximum absolute atomic E-state index is 12.8. The molecule has 28 heavy (non-hydrogen) atoms. The second-order valence-electron chi connectivity index (χ2n) is 8.22. The highest BCUT2D eigenvalue weighted by Crippen LogP contribution is 2.42. The summed E-state index contributed by atoms with van der Waals surface area (Å²) >= 11 is 0. The van der Waals surface area contributed by atoms with Gasteiger partial charge in [0.05, 0.1) is 6.10 Å². The van der Waals surface area contributed by atoms with E-state index in [9.17, 15) is 9.90 Å². The predicted octanol–water partition coefficient (Wildman–Crippen LogP) is 6.48. The Labute approximate surface area is 170 Å². The number of unbranched alkanes of at least 4 members (excludes halogenated alkanes) is 2. The van der Waals surface area contributed by atoms with Crippen LogP contribution < -0.4 is 0 Å². The molecule has 2 aromatic rings. The lowest BCUT2D eigenvalue weighted by molar-refractivity contribution is -0.122. The normalized spacial score (nSPS) is 20.9. The lowest BCUT2D eigenvalue weighted by Crippen LogP contribution is -2.25. The highest BCUT2D eigenvalue weighted by Gasteiger charge is 2.34. The highest BCUT2D eigenvalue weighted by atomic mass is 16.3. The standard InChI is InChI=1S/C26H34O2/c1-3-5-6-9-24(27)21-15-17-22(18-16-21)26-23(8-7-10-25(26)28)20-13-11-19(4-2)12-14-20/h11-18,23-24,26-27H,3-10H2,1-2H3. The minimum absolute atomic E-state index is 0.0625. The number of benzene rings is 2. The lowest BCUT2D eigenvalue weighted by Gasteiger charge is -2.31. The van der Waals surface area contributed by atoms with Gasteiger partial charge in [-0.15, -0.1) is 0 Å². The smallest absolute Gasteiger partial charge is 0.140 e. The van der Waals surface area contributed by atoms with E-state index in [4.69, 9.17) is 0 Å². The van der Waals surface area contributed by atoms with Crippen LogP contribution in [-0.4, -0.2) is 10.9 Å². The van der Waals surface area contributed by atoms with Crippen molar-refractivity contribution in [2.24, 2.45) is 0 Å². The van der Waals surface area contributed by atoms with Gasteiger partial charge in [0.1, 0.15) is 5.78 Å². The number of aliphatic hydroxyl groups excluding tert-OH is 1. The topological polar surface area (TPSA) is 37.3 Å². The van der Waals surface area contributed by atoms with E-state index in [1.165, 1.54) is 11.1 Å². The van der Waals surface area contributed by atoms with E-state index in [1.807, 2.05) is 12.1 Å². The molecular weight excluding hydrogens is 344 g/mol. The molecule has 0 amide bonds. The van der Waals surface area contributed by atoms with Crippen LogP contribution in [0.5, 0.6) is 0 Å². The van der Waals surface area contributed by atoms with Crippen LogP contribution in [-0.2, 0) is 11.2 Å². The Morgan fingerprint density at radius 2 is 1.64 bits per heavy atom. The molecular formula is C26H34O2. The van der Waals surface area contributed by atoms with Crippen molar-refractivity contribution in [3.8, 4) is 0 Å². The van der Waals surface area contributed by atoms with Gasteiger partial charge in [-0.05, 0) is 53.9 Å². The van der Waals surface area contributed by atoms with Crippen molar-refractivity contribution in [3.05, 3.63) is 70.8 Å². The second kappa shape index (κ2) is 10.0. The number of aryl methyl sites for hydroxylation is 1. The van der Waals surface area contributed by atoms with E-state index < -0.39 is 6.10 Å². The van der Waals surface area contributed by atoms with E-state index in [2.05, 4.69) is 50.2 Å². The van der Waals surface area contributed by atoms with Gasteiger partial charge >= 0.3 is 0 Å². The van der Waals surface area contributed by atoms with Crippen LogP contribution >= 0.6 is 0 Å². The molecule has 2 nitrogen and oxygen atoms in total. The zero-order chi connectivity index (χ0) is 19.9. The maximum Gasteiger partial charge on any atom is 0.140 e. The summed E-state index contributed by atoms with van der Waals surface area (Å²) < 4.78 is 0. The summed E-state index contributed by atoms with van der Waals surface area (Å²) in [5, 5.41) is 10.4. The fourth-order valence-corrected chi connectivity index (χ4v) is 4.50. The molecule has 3 rings (SSSR count). The quantitative estimate of drug-likeness (QED) is 0.534. The summed E-state index contributed by atoms with van der Waals surface area (Å²) in [5.41, 5.74) is 4.67. The van der Waals surface area contributed by atoms with Crippen LogP contribution in [0.3, 0.4) is 0 Å². The number of carbonyl (C=O) groups excluding carboxylic acids is 1. The minimum Gasteiger partial charge on any atom is -0.388 e. The molecule has 1 aliphatic rings. The maximum atomic E-state index is 12.8. The number of ketones is 1.